The number of para-hydroxylation sites is 2. The maximum absolute atomic E-state index is 12.6. The van der Waals surface area contributed by atoms with Crippen LogP contribution in [0.3, 0.4) is 0 Å². The molecule has 28 heavy (non-hydrogen) atoms. The van der Waals surface area contributed by atoms with Crippen molar-refractivity contribution < 1.29 is 14.3 Å². The van der Waals surface area contributed by atoms with E-state index in [1.165, 1.54) is 41.7 Å². The van der Waals surface area contributed by atoms with Crippen LogP contribution < -0.4 is 14.8 Å². The molecule has 3 aromatic rings. The first-order chi connectivity index (χ1) is 13.8. The summed E-state index contributed by atoms with van der Waals surface area (Å²) in [5.74, 6) is 0.999. The van der Waals surface area contributed by atoms with Crippen molar-refractivity contribution >= 4 is 22.4 Å². The monoisotopic (exact) mass is 392 g/mol. The van der Waals surface area contributed by atoms with E-state index in [1.807, 2.05) is 23.6 Å². The molecule has 0 bridgehead atoms. The highest BCUT2D eigenvalue weighted by Gasteiger charge is 2.28. The summed E-state index contributed by atoms with van der Waals surface area (Å²) in [5, 5.41) is 5.41. The highest BCUT2D eigenvalue weighted by molar-refractivity contribution is 7.14. The van der Waals surface area contributed by atoms with Gasteiger partial charge in [0.15, 0.2) is 16.6 Å². The lowest BCUT2D eigenvalue weighted by Crippen LogP contribution is -2.40. The molecule has 2 aromatic carbocycles. The van der Waals surface area contributed by atoms with Gasteiger partial charge in [0.2, 0.25) is 6.10 Å². The second-order valence-corrected chi connectivity index (χ2v) is 7.94. The van der Waals surface area contributed by atoms with E-state index in [0.717, 1.165) is 17.7 Å². The summed E-state index contributed by atoms with van der Waals surface area (Å²) in [4.78, 5) is 17.2. The van der Waals surface area contributed by atoms with Crippen molar-refractivity contribution in [2.24, 2.45) is 0 Å². The fourth-order valence-corrected chi connectivity index (χ4v) is 4.41. The van der Waals surface area contributed by atoms with Crippen molar-refractivity contribution in [3.8, 4) is 22.8 Å². The van der Waals surface area contributed by atoms with Crippen molar-refractivity contribution in [3.63, 3.8) is 0 Å². The fourth-order valence-electron chi connectivity index (χ4n) is 3.69. The number of rotatable bonds is 3. The van der Waals surface area contributed by atoms with E-state index in [9.17, 15) is 4.79 Å². The highest BCUT2D eigenvalue weighted by atomic mass is 32.1. The summed E-state index contributed by atoms with van der Waals surface area (Å²) in [6, 6.07) is 13.9. The number of carbonyl (C=O) groups excluding carboxylic acids is 1. The first-order valence-corrected chi connectivity index (χ1v) is 10.4. The highest BCUT2D eigenvalue weighted by Crippen LogP contribution is 2.32. The number of hydrogen-bond acceptors (Lipinski definition) is 5. The van der Waals surface area contributed by atoms with E-state index >= 15 is 0 Å². The van der Waals surface area contributed by atoms with Crippen LogP contribution in [0.5, 0.6) is 11.5 Å². The molecule has 5 rings (SSSR count). The standard InChI is InChI=1S/C22H20N2O3S/c25-21(20-12-26-18-7-3-4-8-19(18)27-20)24-22-23-17(13-28-22)16-10-9-14-5-1-2-6-15(14)11-16/h3-4,7-11,13,20H,1-2,5-6,12H2,(H,23,24,25)/t20-/m1/s1. The number of aromatic nitrogens is 1. The average Bonchev–Trinajstić information content (AvgIpc) is 3.21. The second-order valence-electron chi connectivity index (χ2n) is 7.08. The first kappa shape index (κ1) is 17.3. The van der Waals surface area contributed by atoms with E-state index in [0.29, 0.717) is 16.6 Å². The number of ether oxygens (including phenoxy) is 2. The molecule has 0 radical (unpaired) electrons. The number of nitrogens with zero attached hydrogens (tertiary/aromatic N) is 1. The van der Waals surface area contributed by atoms with Crippen LogP contribution in [0, 0.1) is 0 Å². The number of benzene rings is 2. The van der Waals surface area contributed by atoms with Gasteiger partial charge in [-0.1, -0.05) is 24.3 Å². The SMILES string of the molecule is O=C(Nc1nc(-c2ccc3c(c2)CCCC3)cs1)[C@H]1COc2ccccc2O1. The van der Waals surface area contributed by atoms with E-state index in [-0.39, 0.29) is 12.5 Å². The predicted molar refractivity (Wildman–Crippen MR) is 109 cm³/mol. The minimum Gasteiger partial charge on any atom is -0.485 e. The van der Waals surface area contributed by atoms with Crippen LogP contribution in [0.1, 0.15) is 24.0 Å². The maximum Gasteiger partial charge on any atom is 0.270 e. The fraction of sp³-hybridized carbons (Fsp3) is 0.273. The minimum atomic E-state index is -0.689. The Morgan fingerprint density at radius 2 is 1.89 bits per heavy atom. The molecule has 0 saturated carbocycles. The van der Waals surface area contributed by atoms with Crippen molar-refractivity contribution in [1.82, 2.24) is 4.98 Å². The second kappa shape index (κ2) is 7.28. The van der Waals surface area contributed by atoms with E-state index < -0.39 is 6.10 Å². The number of anilines is 1. The van der Waals surface area contributed by atoms with Crippen LogP contribution in [-0.2, 0) is 17.6 Å². The van der Waals surface area contributed by atoms with Gasteiger partial charge in [0.25, 0.3) is 5.91 Å². The Morgan fingerprint density at radius 3 is 2.79 bits per heavy atom. The molecule has 6 heteroatoms. The Hall–Kier alpha value is -2.86. The Kier molecular flexibility index (Phi) is 4.49. The molecular formula is C22H20N2O3S. The Labute approximate surface area is 167 Å². The zero-order valence-corrected chi connectivity index (χ0v) is 16.1. The molecule has 5 nitrogen and oxygen atoms in total. The summed E-state index contributed by atoms with van der Waals surface area (Å²) in [7, 11) is 0. The molecule has 2 aliphatic rings. The van der Waals surface area contributed by atoms with Gasteiger partial charge in [0.05, 0.1) is 5.69 Å². The average molecular weight is 392 g/mol. The van der Waals surface area contributed by atoms with E-state index in [1.54, 1.807) is 6.07 Å². The van der Waals surface area contributed by atoms with Gasteiger partial charge in [-0.05, 0) is 55.0 Å². The third-order valence-electron chi connectivity index (χ3n) is 5.18. The molecule has 0 spiro atoms. The molecule has 2 heterocycles. The summed E-state index contributed by atoms with van der Waals surface area (Å²) in [6.45, 7) is 0.186. The number of amides is 1. The summed E-state index contributed by atoms with van der Waals surface area (Å²) in [6.07, 6.45) is 4.14. The molecule has 1 aromatic heterocycles. The maximum atomic E-state index is 12.6. The Balaban J connectivity index is 1.29. The summed E-state index contributed by atoms with van der Waals surface area (Å²) >= 11 is 1.42. The predicted octanol–water partition coefficient (Wildman–Crippen LogP) is 4.47. The summed E-state index contributed by atoms with van der Waals surface area (Å²) < 4.78 is 11.4. The molecule has 0 unspecified atom stereocenters. The molecule has 1 amide bonds. The quantitative estimate of drug-likeness (QED) is 0.715. The van der Waals surface area contributed by atoms with Gasteiger partial charge < -0.3 is 9.47 Å². The van der Waals surface area contributed by atoms with Gasteiger partial charge in [-0.25, -0.2) is 4.98 Å². The van der Waals surface area contributed by atoms with Crippen LogP contribution in [-0.4, -0.2) is 23.6 Å². The number of carbonyl (C=O) groups is 1. The number of hydrogen-bond donors (Lipinski definition) is 1. The minimum absolute atomic E-state index is 0.186. The van der Waals surface area contributed by atoms with Crippen molar-refractivity contribution in [1.29, 1.82) is 0 Å². The molecule has 1 atom stereocenters. The zero-order chi connectivity index (χ0) is 18.9. The third-order valence-corrected chi connectivity index (χ3v) is 5.94. The zero-order valence-electron chi connectivity index (χ0n) is 15.3. The third kappa shape index (κ3) is 3.36. The lowest BCUT2D eigenvalue weighted by atomic mass is 9.90. The van der Waals surface area contributed by atoms with E-state index in [2.05, 4.69) is 28.5 Å². The molecular weight excluding hydrogens is 372 g/mol. The van der Waals surface area contributed by atoms with Gasteiger partial charge >= 0.3 is 0 Å². The normalized spacial score (nSPS) is 17.6. The number of fused-ring (bicyclic) bond motifs is 2. The van der Waals surface area contributed by atoms with Crippen LogP contribution in [0.4, 0.5) is 5.13 Å². The number of thiazole rings is 1. The van der Waals surface area contributed by atoms with Crippen molar-refractivity contribution in [2.45, 2.75) is 31.8 Å². The summed E-state index contributed by atoms with van der Waals surface area (Å²) in [5.41, 5.74) is 4.87. The molecule has 1 aliphatic carbocycles. The largest absolute Gasteiger partial charge is 0.485 e. The Bertz CT molecular complexity index is 1030. The van der Waals surface area contributed by atoms with Gasteiger partial charge in [-0.2, -0.15) is 0 Å². The molecule has 0 fully saturated rings. The lowest BCUT2D eigenvalue weighted by molar-refractivity contribution is -0.125. The van der Waals surface area contributed by atoms with Gasteiger partial charge in [0, 0.05) is 10.9 Å². The van der Waals surface area contributed by atoms with Gasteiger partial charge in [-0.15, -0.1) is 11.3 Å². The molecule has 0 saturated heterocycles. The topological polar surface area (TPSA) is 60.5 Å². The number of aryl methyl sites for hydroxylation is 2. The van der Waals surface area contributed by atoms with Crippen LogP contribution in [0.25, 0.3) is 11.3 Å². The lowest BCUT2D eigenvalue weighted by Gasteiger charge is -2.25. The van der Waals surface area contributed by atoms with Crippen LogP contribution >= 0.6 is 11.3 Å². The van der Waals surface area contributed by atoms with Gasteiger partial charge in [0.1, 0.15) is 6.61 Å². The first-order valence-electron chi connectivity index (χ1n) is 9.53. The van der Waals surface area contributed by atoms with Crippen molar-refractivity contribution in [2.75, 3.05) is 11.9 Å². The van der Waals surface area contributed by atoms with E-state index in [4.69, 9.17) is 9.47 Å². The van der Waals surface area contributed by atoms with Crippen LogP contribution in [0.2, 0.25) is 0 Å². The van der Waals surface area contributed by atoms with Crippen LogP contribution in [0.15, 0.2) is 47.8 Å². The Morgan fingerprint density at radius 1 is 1.07 bits per heavy atom. The smallest absolute Gasteiger partial charge is 0.270 e. The molecule has 1 N–H and O–H groups in total. The number of nitrogens with one attached hydrogen (secondary N) is 1. The van der Waals surface area contributed by atoms with Gasteiger partial charge in [-0.3, -0.25) is 10.1 Å². The molecule has 1 aliphatic heterocycles. The molecule has 142 valence electrons. The van der Waals surface area contributed by atoms with Crippen molar-refractivity contribution in [3.05, 3.63) is 59.0 Å².